The molecule has 0 aromatic heterocycles. The Morgan fingerprint density at radius 3 is 2.53 bits per heavy atom. The Bertz CT molecular complexity index is 368. The van der Waals surface area contributed by atoms with Gasteiger partial charge in [-0.15, -0.1) is 0 Å². The molecule has 0 aliphatic heterocycles. The second-order valence-corrected chi connectivity index (χ2v) is 3.22. The van der Waals surface area contributed by atoms with Gasteiger partial charge in [0.2, 0.25) is 5.70 Å². The van der Waals surface area contributed by atoms with Gasteiger partial charge in [0.05, 0.1) is 11.5 Å². The van der Waals surface area contributed by atoms with Gasteiger partial charge in [-0.25, -0.2) is 0 Å². The zero-order valence-corrected chi connectivity index (χ0v) is 8.77. The van der Waals surface area contributed by atoms with Crippen LogP contribution in [0.5, 0.6) is 0 Å². The molecular formula is C11H13NO3. The number of hydrogen-bond acceptors (Lipinski definition) is 3. The van der Waals surface area contributed by atoms with E-state index in [9.17, 15) is 10.1 Å². The van der Waals surface area contributed by atoms with Gasteiger partial charge in [-0.3, -0.25) is 10.1 Å². The monoisotopic (exact) mass is 207 g/mol. The molecule has 0 heterocycles. The Hall–Kier alpha value is -1.68. The lowest BCUT2D eigenvalue weighted by Gasteiger charge is -1.99. The average molecular weight is 207 g/mol. The quantitative estimate of drug-likeness (QED) is 0.563. The van der Waals surface area contributed by atoms with Crippen LogP contribution in [-0.2, 0) is 11.3 Å². The number of methoxy groups -OCH3 is 1. The molecule has 0 N–H and O–H groups in total. The molecule has 0 atom stereocenters. The summed E-state index contributed by atoms with van der Waals surface area (Å²) in [5.41, 5.74) is 2.01. The van der Waals surface area contributed by atoms with E-state index in [4.69, 9.17) is 4.74 Å². The maximum Gasteiger partial charge on any atom is 0.243 e. The summed E-state index contributed by atoms with van der Waals surface area (Å²) in [6.07, 6.45) is 1.54. The smallest absolute Gasteiger partial charge is 0.243 e. The van der Waals surface area contributed by atoms with Gasteiger partial charge in [0, 0.05) is 20.1 Å². The summed E-state index contributed by atoms with van der Waals surface area (Å²) in [5.74, 6) is 0. The van der Waals surface area contributed by atoms with E-state index in [0.29, 0.717) is 6.61 Å². The molecule has 1 aromatic rings. The second-order valence-electron chi connectivity index (χ2n) is 3.22. The Balaban J connectivity index is 2.80. The lowest BCUT2D eigenvalue weighted by Crippen LogP contribution is -1.93. The zero-order valence-electron chi connectivity index (χ0n) is 8.77. The molecule has 1 aromatic carbocycles. The molecule has 0 radical (unpaired) electrons. The van der Waals surface area contributed by atoms with Crippen LogP contribution in [0.1, 0.15) is 18.1 Å². The van der Waals surface area contributed by atoms with Crippen molar-refractivity contribution in [3.63, 3.8) is 0 Å². The minimum atomic E-state index is -0.400. The zero-order chi connectivity index (χ0) is 11.3. The van der Waals surface area contributed by atoms with E-state index in [0.717, 1.165) is 11.1 Å². The molecule has 0 spiro atoms. The van der Waals surface area contributed by atoms with Crippen molar-refractivity contribution in [1.29, 1.82) is 0 Å². The minimum absolute atomic E-state index is 0.134. The van der Waals surface area contributed by atoms with Crippen molar-refractivity contribution in [2.45, 2.75) is 13.5 Å². The van der Waals surface area contributed by atoms with Gasteiger partial charge in [-0.05, 0) is 11.1 Å². The fourth-order valence-corrected chi connectivity index (χ4v) is 1.17. The Kier molecular flexibility index (Phi) is 4.00. The molecule has 0 unspecified atom stereocenters. The van der Waals surface area contributed by atoms with Crippen molar-refractivity contribution in [1.82, 2.24) is 0 Å². The van der Waals surface area contributed by atoms with Crippen LogP contribution >= 0.6 is 0 Å². The standard InChI is InChI=1S/C11H13NO3/c1-9(12(13)14)7-10-3-5-11(6-4-10)8-15-2/h3-7H,8H2,1-2H3. The minimum Gasteiger partial charge on any atom is -0.380 e. The summed E-state index contributed by atoms with van der Waals surface area (Å²) in [6, 6.07) is 7.45. The third-order valence-corrected chi connectivity index (χ3v) is 1.95. The predicted molar refractivity (Wildman–Crippen MR) is 57.8 cm³/mol. The van der Waals surface area contributed by atoms with E-state index in [1.165, 1.54) is 13.0 Å². The molecule has 1 rings (SSSR count). The predicted octanol–water partition coefficient (Wildman–Crippen LogP) is 2.47. The van der Waals surface area contributed by atoms with Crippen molar-refractivity contribution in [2.75, 3.05) is 7.11 Å². The first kappa shape index (κ1) is 11.4. The highest BCUT2D eigenvalue weighted by atomic mass is 16.6. The van der Waals surface area contributed by atoms with E-state index in [-0.39, 0.29) is 5.70 Å². The Morgan fingerprint density at radius 1 is 1.47 bits per heavy atom. The average Bonchev–Trinajstić information content (AvgIpc) is 2.21. The Morgan fingerprint density at radius 2 is 2.07 bits per heavy atom. The van der Waals surface area contributed by atoms with Crippen molar-refractivity contribution in [2.24, 2.45) is 0 Å². The van der Waals surface area contributed by atoms with Gasteiger partial charge in [-0.1, -0.05) is 24.3 Å². The van der Waals surface area contributed by atoms with Gasteiger partial charge in [0.15, 0.2) is 0 Å². The fourth-order valence-electron chi connectivity index (χ4n) is 1.17. The van der Waals surface area contributed by atoms with E-state index in [1.54, 1.807) is 7.11 Å². The van der Waals surface area contributed by atoms with E-state index < -0.39 is 4.92 Å². The van der Waals surface area contributed by atoms with Crippen LogP contribution in [0.4, 0.5) is 0 Å². The van der Waals surface area contributed by atoms with Crippen LogP contribution in [0.15, 0.2) is 30.0 Å². The van der Waals surface area contributed by atoms with Gasteiger partial charge in [0.1, 0.15) is 0 Å². The molecule has 4 nitrogen and oxygen atoms in total. The molecule has 4 heteroatoms. The number of rotatable bonds is 4. The van der Waals surface area contributed by atoms with Gasteiger partial charge < -0.3 is 4.74 Å². The molecule has 80 valence electrons. The van der Waals surface area contributed by atoms with Crippen LogP contribution < -0.4 is 0 Å². The summed E-state index contributed by atoms with van der Waals surface area (Å²) in [6.45, 7) is 2.03. The van der Waals surface area contributed by atoms with Crippen molar-refractivity contribution >= 4 is 6.08 Å². The van der Waals surface area contributed by atoms with Crippen molar-refractivity contribution in [3.05, 3.63) is 51.2 Å². The molecule has 15 heavy (non-hydrogen) atoms. The summed E-state index contributed by atoms with van der Waals surface area (Å²) in [5, 5.41) is 10.4. The van der Waals surface area contributed by atoms with E-state index in [1.807, 2.05) is 24.3 Å². The SMILES string of the molecule is COCc1ccc(C=C(C)[N+](=O)[O-])cc1. The second kappa shape index (κ2) is 5.26. The molecule has 0 amide bonds. The summed E-state index contributed by atoms with van der Waals surface area (Å²) in [4.78, 5) is 9.99. The van der Waals surface area contributed by atoms with E-state index >= 15 is 0 Å². The van der Waals surface area contributed by atoms with Crippen LogP contribution in [0.25, 0.3) is 6.08 Å². The lowest BCUT2D eigenvalue weighted by atomic mass is 10.1. The van der Waals surface area contributed by atoms with Crippen LogP contribution in [0.2, 0.25) is 0 Å². The number of nitrogens with zero attached hydrogens (tertiary/aromatic N) is 1. The molecule has 0 fully saturated rings. The molecule has 0 aliphatic carbocycles. The molecular weight excluding hydrogens is 194 g/mol. The largest absolute Gasteiger partial charge is 0.380 e. The van der Waals surface area contributed by atoms with E-state index in [2.05, 4.69) is 0 Å². The fraction of sp³-hybridized carbons (Fsp3) is 0.273. The first-order valence-corrected chi connectivity index (χ1v) is 4.54. The van der Waals surface area contributed by atoms with Crippen molar-refractivity contribution < 1.29 is 9.66 Å². The Labute approximate surface area is 88.3 Å². The molecule has 0 bridgehead atoms. The van der Waals surface area contributed by atoms with Crippen molar-refractivity contribution in [3.8, 4) is 0 Å². The first-order chi connectivity index (χ1) is 7.13. The topological polar surface area (TPSA) is 52.4 Å². The molecule has 0 aliphatic rings. The van der Waals surface area contributed by atoms with Gasteiger partial charge >= 0.3 is 0 Å². The number of benzene rings is 1. The van der Waals surface area contributed by atoms with Crippen LogP contribution in [0.3, 0.4) is 0 Å². The van der Waals surface area contributed by atoms with Crippen LogP contribution in [0, 0.1) is 10.1 Å². The summed E-state index contributed by atoms with van der Waals surface area (Å²) < 4.78 is 4.96. The lowest BCUT2D eigenvalue weighted by molar-refractivity contribution is -0.422. The number of allylic oxidation sites excluding steroid dienone is 1. The highest BCUT2D eigenvalue weighted by Gasteiger charge is 2.01. The molecule has 0 saturated carbocycles. The van der Waals surface area contributed by atoms with Crippen LogP contribution in [-0.4, -0.2) is 12.0 Å². The third kappa shape index (κ3) is 3.52. The maximum absolute atomic E-state index is 10.4. The number of hydrogen-bond donors (Lipinski definition) is 0. The molecule has 0 saturated heterocycles. The number of ether oxygens (including phenoxy) is 1. The van der Waals surface area contributed by atoms with Gasteiger partial charge in [-0.2, -0.15) is 0 Å². The normalized spacial score (nSPS) is 11.5. The highest BCUT2D eigenvalue weighted by molar-refractivity contribution is 5.50. The summed E-state index contributed by atoms with van der Waals surface area (Å²) >= 11 is 0. The number of nitro groups is 1. The third-order valence-electron chi connectivity index (χ3n) is 1.95. The van der Waals surface area contributed by atoms with Gasteiger partial charge in [0.25, 0.3) is 0 Å². The summed E-state index contributed by atoms with van der Waals surface area (Å²) in [7, 11) is 1.63. The maximum atomic E-state index is 10.4. The first-order valence-electron chi connectivity index (χ1n) is 4.54. The highest BCUT2D eigenvalue weighted by Crippen LogP contribution is 2.09.